The van der Waals surface area contributed by atoms with E-state index in [4.69, 9.17) is 0 Å². The second-order valence-corrected chi connectivity index (χ2v) is 9.00. The maximum atomic E-state index is 12.4. The van der Waals surface area contributed by atoms with E-state index in [1.807, 2.05) is 43.3 Å². The van der Waals surface area contributed by atoms with E-state index in [1.54, 1.807) is 0 Å². The summed E-state index contributed by atoms with van der Waals surface area (Å²) in [6.45, 7) is 3.57. The summed E-state index contributed by atoms with van der Waals surface area (Å²) in [5.41, 5.74) is 1.94. The zero-order valence-corrected chi connectivity index (χ0v) is 18.0. The second-order valence-electron chi connectivity index (χ2n) is 8.00. The van der Waals surface area contributed by atoms with Gasteiger partial charge < -0.3 is 15.5 Å². The topological polar surface area (TPSA) is 87.2 Å². The Bertz CT molecular complexity index is 883. The van der Waals surface area contributed by atoms with Crippen LogP contribution in [-0.2, 0) is 9.59 Å². The van der Waals surface area contributed by atoms with E-state index in [9.17, 15) is 9.59 Å². The first-order valence-electron chi connectivity index (χ1n) is 10.5. The molecule has 1 saturated heterocycles. The first-order chi connectivity index (χ1) is 14.6. The SMILES string of the molecule is Cc1ccc(NC(=O)CSc2ccc(N3CCCC(C(=O)NC4CC4)C3)nn2)cc1. The smallest absolute Gasteiger partial charge is 0.234 e. The molecule has 1 atom stereocenters. The van der Waals surface area contributed by atoms with Gasteiger partial charge in [0.2, 0.25) is 11.8 Å². The van der Waals surface area contributed by atoms with Crippen LogP contribution in [0.1, 0.15) is 31.2 Å². The fourth-order valence-corrected chi connectivity index (χ4v) is 4.09. The predicted molar refractivity (Wildman–Crippen MR) is 119 cm³/mol. The fourth-order valence-electron chi connectivity index (χ4n) is 3.48. The highest BCUT2D eigenvalue weighted by Gasteiger charge is 2.30. The standard InChI is InChI=1S/C22H27N5O2S/c1-15-4-6-17(7-5-15)23-20(28)14-30-21-11-10-19(25-26-21)27-12-2-3-16(13-27)22(29)24-18-8-9-18/h4-7,10-11,16,18H,2-3,8-9,12-14H2,1H3,(H,23,28)(H,24,29). The number of aryl methyl sites for hydroxylation is 1. The van der Waals surface area contributed by atoms with Gasteiger partial charge in [-0.15, -0.1) is 10.2 Å². The monoisotopic (exact) mass is 425 g/mol. The van der Waals surface area contributed by atoms with E-state index < -0.39 is 0 Å². The van der Waals surface area contributed by atoms with E-state index >= 15 is 0 Å². The summed E-state index contributed by atoms with van der Waals surface area (Å²) in [5.74, 6) is 1.17. The first-order valence-corrected chi connectivity index (χ1v) is 11.4. The number of carbonyl (C=O) groups excluding carboxylic acids is 2. The van der Waals surface area contributed by atoms with E-state index in [-0.39, 0.29) is 23.5 Å². The molecule has 2 aromatic rings. The molecule has 1 aromatic carbocycles. The zero-order chi connectivity index (χ0) is 20.9. The minimum atomic E-state index is -0.0738. The molecule has 158 valence electrons. The van der Waals surface area contributed by atoms with Gasteiger partial charge in [-0.1, -0.05) is 29.5 Å². The number of amides is 2. The molecular formula is C22H27N5O2S. The van der Waals surface area contributed by atoms with Crippen molar-refractivity contribution in [3.05, 3.63) is 42.0 Å². The van der Waals surface area contributed by atoms with Crippen molar-refractivity contribution in [3.8, 4) is 0 Å². The Morgan fingerprint density at radius 3 is 2.60 bits per heavy atom. The Balaban J connectivity index is 1.26. The fraction of sp³-hybridized carbons (Fsp3) is 0.455. The molecule has 1 aromatic heterocycles. The lowest BCUT2D eigenvalue weighted by Crippen LogP contribution is -2.44. The van der Waals surface area contributed by atoms with Crippen LogP contribution in [0.5, 0.6) is 0 Å². The van der Waals surface area contributed by atoms with Crippen LogP contribution in [0.15, 0.2) is 41.4 Å². The number of nitrogens with one attached hydrogen (secondary N) is 2. The summed E-state index contributed by atoms with van der Waals surface area (Å²) in [6, 6.07) is 11.9. The molecule has 1 aliphatic carbocycles. The molecule has 4 rings (SSSR count). The van der Waals surface area contributed by atoms with Crippen LogP contribution in [0.3, 0.4) is 0 Å². The van der Waals surface area contributed by atoms with E-state index in [2.05, 4.69) is 25.7 Å². The molecule has 0 bridgehead atoms. The van der Waals surface area contributed by atoms with Crippen LogP contribution in [0.2, 0.25) is 0 Å². The summed E-state index contributed by atoms with van der Waals surface area (Å²) >= 11 is 1.36. The highest BCUT2D eigenvalue weighted by Crippen LogP contribution is 2.25. The third-order valence-corrected chi connectivity index (χ3v) is 6.27. The molecule has 8 heteroatoms. The van der Waals surface area contributed by atoms with Gasteiger partial charge in [-0.2, -0.15) is 0 Å². The number of hydrogen-bond donors (Lipinski definition) is 2. The van der Waals surface area contributed by atoms with E-state index in [0.717, 1.165) is 49.3 Å². The molecule has 2 amide bonds. The number of rotatable bonds is 7. The van der Waals surface area contributed by atoms with Crippen LogP contribution >= 0.6 is 11.8 Å². The molecule has 1 saturated carbocycles. The van der Waals surface area contributed by atoms with Gasteiger partial charge in [0.25, 0.3) is 0 Å². The molecule has 0 radical (unpaired) electrons. The van der Waals surface area contributed by atoms with Crippen LogP contribution in [0, 0.1) is 12.8 Å². The molecule has 2 aliphatic rings. The average molecular weight is 426 g/mol. The molecular weight excluding hydrogens is 398 g/mol. The Hall–Kier alpha value is -2.61. The average Bonchev–Trinajstić information content (AvgIpc) is 3.58. The van der Waals surface area contributed by atoms with E-state index in [0.29, 0.717) is 17.6 Å². The number of nitrogens with zero attached hydrogens (tertiary/aromatic N) is 3. The summed E-state index contributed by atoms with van der Waals surface area (Å²) in [4.78, 5) is 26.6. The van der Waals surface area contributed by atoms with Crippen molar-refractivity contribution in [3.63, 3.8) is 0 Å². The predicted octanol–water partition coefficient (Wildman–Crippen LogP) is 3.01. The summed E-state index contributed by atoms with van der Waals surface area (Å²) in [6.07, 6.45) is 4.11. The van der Waals surface area contributed by atoms with Crippen LogP contribution < -0.4 is 15.5 Å². The van der Waals surface area contributed by atoms with Crippen LogP contribution in [-0.4, -0.2) is 46.9 Å². The Morgan fingerprint density at radius 2 is 1.90 bits per heavy atom. The van der Waals surface area contributed by atoms with Crippen molar-refractivity contribution in [2.24, 2.45) is 5.92 Å². The van der Waals surface area contributed by atoms with Crippen molar-refractivity contribution in [2.75, 3.05) is 29.1 Å². The minimum Gasteiger partial charge on any atom is -0.354 e. The number of carbonyl (C=O) groups is 2. The molecule has 2 fully saturated rings. The van der Waals surface area contributed by atoms with Gasteiger partial charge >= 0.3 is 0 Å². The number of aromatic nitrogens is 2. The van der Waals surface area contributed by atoms with Crippen LogP contribution in [0.25, 0.3) is 0 Å². The number of piperidine rings is 1. The molecule has 30 heavy (non-hydrogen) atoms. The van der Waals surface area contributed by atoms with Crippen molar-refractivity contribution in [2.45, 2.75) is 43.7 Å². The van der Waals surface area contributed by atoms with Crippen molar-refractivity contribution in [1.82, 2.24) is 15.5 Å². The van der Waals surface area contributed by atoms with Gasteiger partial charge in [-0.3, -0.25) is 9.59 Å². The van der Waals surface area contributed by atoms with Crippen LogP contribution in [0.4, 0.5) is 11.5 Å². The highest BCUT2D eigenvalue weighted by molar-refractivity contribution is 7.99. The highest BCUT2D eigenvalue weighted by atomic mass is 32.2. The van der Waals surface area contributed by atoms with Gasteiger partial charge in [-0.25, -0.2) is 0 Å². The third-order valence-electron chi connectivity index (χ3n) is 5.35. The Labute approximate surface area is 181 Å². The van der Waals surface area contributed by atoms with Crippen molar-refractivity contribution >= 4 is 35.1 Å². The summed E-state index contributed by atoms with van der Waals surface area (Å²) < 4.78 is 0. The number of hydrogen-bond acceptors (Lipinski definition) is 6. The number of thioether (sulfide) groups is 1. The molecule has 2 heterocycles. The lowest BCUT2D eigenvalue weighted by atomic mass is 9.97. The molecule has 2 N–H and O–H groups in total. The largest absolute Gasteiger partial charge is 0.354 e. The molecule has 7 nitrogen and oxygen atoms in total. The maximum Gasteiger partial charge on any atom is 0.234 e. The van der Waals surface area contributed by atoms with Gasteiger partial charge in [0, 0.05) is 24.8 Å². The molecule has 1 unspecified atom stereocenters. The Morgan fingerprint density at radius 1 is 1.10 bits per heavy atom. The number of anilines is 2. The van der Waals surface area contributed by atoms with Gasteiger partial charge in [0.05, 0.1) is 11.7 Å². The third kappa shape index (κ3) is 5.72. The lowest BCUT2D eigenvalue weighted by molar-refractivity contribution is -0.125. The minimum absolute atomic E-state index is 0.0145. The van der Waals surface area contributed by atoms with Gasteiger partial charge in [0.15, 0.2) is 5.82 Å². The van der Waals surface area contributed by atoms with Gasteiger partial charge in [-0.05, 0) is 56.9 Å². The normalized spacial score (nSPS) is 18.7. The molecule has 1 aliphatic heterocycles. The zero-order valence-electron chi connectivity index (χ0n) is 17.1. The first kappa shape index (κ1) is 20.7. The quantitative estimate of drug-likeness (QED) is 0.663. The number of benzene rings is 1. The Kier molecular flexibility index (Phi) is 6.52. The molecule has 0 spiro atoms. The van der Waals surface area contributed by atoms with Gasteiger partial charge in [0.1, 0.15) is 5.03 Å². The summed E-state index contributed by atoms with van der Waals surface area (Å²) in [7, 11) is 0. The van der Waals surface area contributed by atoms with Crippen molar-refractivity contribution in [1.29, 1.82) is 0 Å². The van der Waals surface area contributed by atoms with E-state index in [1.165, 1.54) is 11.8 Å². The maximum absolute atomic E-state index is 12.4. The second kappa shape index (κ2) is 9.47. The van der Waals surface area contributed by atoms with Crippen molar-refractivity contribution < 1.29 is 9.59 Å². The summed E-state index contributed by atoms with van der Waals surface area (Å²) in [5, 5.41) is 15.3. The lowest BCUT2D eigenvalue weighted by Gasteiger charge is -2.32.